The normalized spacial score (nSPS) is 12.8. The summed E-state index contributed by atoms with van der Waals surface area (Å²) in [4.78, 5) is 4.81. The summed E-state index contributed by atoms with van der Waals surface area (Å²) in [6.45, 7) is 7.41. The molecule has 6 heteroatoms. The van der Waals surface area contributed by atoms with E-state index in [4.69, 9.17) is 14.1 Å². The lowest BCUT2D eigenvalue weighted by Gasteiger charge is -2.37. The molecule has 0 aliphatic rings. The maximum Gasteiger partial charge on any atom is 0.310 e. The highest BCUT2D eigenvalue weighted by Crippen LogP contribution is 2.37. The van der Waals surface area contributed by atoms with E-state index in [1.54, 1.807) is 25.2 Å². The summed E-state index contributed by atoms with van der Waals surface area (Å²) in [5.41, 5.74) is 2.08. The molecule has 35 heavy (non-hydrogen) atoms. The number of benzene rings is 4. The molecule has 0 aliphatic carbocycles. The van der Waals surface area contributed by atoms with Crippen LogP contribution in [0.3, 0.4) is 0 Å². The van der Waals surface area contributed by atoms with Crippen molar-refractivity contribution in [2.45, 2.75) is 38.9 Å². The van der Waals surface area contributed by atoms with E-state index in [9.17, 15) is 5.11 Å². The number of hydrogen-bond acceptors (Lipinski definition) is 5. The van der Waals surface area contributed by atoms with E-state index in [0.717, 1.165) is 38.3 Å². The average molecular weight is 479 g/mol. The summed E-state index contributed by atoms with van der Waals surface area (Å²) >= 11 is 1.77. The Hall–Kier alpha value is -3.19. The summed E-state index contributed by atoms with van der Waals surface area (Å²) in [5, 5.41) is 15.1. The lowest BCUT2D eigenvalue weighted by Crippen LogP contribution is -2.49. The van der Waals surface area contributed by atoms with Gasteiger partial charge in [0.2, 0.25) is 5.89 Å². The van der Waals surface area contributed by atoms with Crippen LogP contribution in [0, 0.1) is 0 Å². The van der Waals surface area contributed by atoms with Gasteiger partial charge in [-0.25, -0.2) is 4.98 Å². The molecule has 0 amide bonds. The van der Waals surface area contributed by atoms with Gasteiger partial charge in [0.25, 0.3) is 0 Å². The van der Waals surface area contributed by atoms with Crippen LogP contribution in [-0.2, 0) is 4.65 Å². The van der Waals surface area contributed by atoms with Crippen molar-refractivity contribution in [2.75, 3.05) is 0 Å². The second kappa shape index (κ2) is 7.92. The van der Waals surface area contributed by atoms with Crippen LogP contribution in [0.2, 0.25) is 0 Å². The van der Waals surface area contributed by atoms with Crippen LogP contribution in [0.15, 0.2) is 77.2 Å². The van der Waals surface area contributed by atoms with Gasteiger partial charge in [0.05, 0.1) is 11.2 Å². The summed E-state index contributed by atoms with van der Waals surface area (Å²) in [7, 11) is 0.416. The van der Waals surface area contributed by atoms with Gasteiger partial charge in [0.15, 0.2) is 5.58 Å². The Balaban J connectivity index is 1.46. The van der Waals surface area contributed by atoms with Gasteiger partial charge >= 0.3 is 7.48 Å². The standard InChI is InChI=1S/C29H26BNO3S/c1-28(2,32)29(3,4)34-30-21-10-7-11-24-25(21)20-16-18(13-15-23(20)35-24)27-31-22-14-12-17-8-5-6-9-19(17)26(22)33-27/h5-16,30,32H,1-4H3. The summed E-state index contributed by atoms with van der Waals surface area (Å²) in [6, 6.07) is 25.0. The Labute approximate surface area is 208 Å². The van der Waals surface area contributed by atoms with Gasteiger partial charge in [-0.1, -0.05) is 42.5 Å². The summed E-state index contributed by atoms with van der Waals surface area (Å²) in [5.74, 6) is 0.620. The van der Waals surface area contributed by atoms with Gasteiger partial charge < -0.3 is 14.2 Å². The predicted molar refractivity (Wildman–Crippen MR) is 148 cm³/mol. The third kappa shape index (κ3) is 3.73. The molecule has 0 radical (unpaired) electrons. The molecular formula is C29H26BNO3S. The van der Waals surface area contributed by atoms with Crippen molar-refractivity contribution < 1.29 is 14.2 Å². The highest BCUT2D eigenvalue weighted by Gasteiger charge is 2.35. The minimum Gasteiger partial charge on any atom is -0.435 e. The molecule has 6 rings (SSSR count). The molecule has 0 saturated carbocycles. The van der Waals surface area contributed by atoms with Crippen molar-refractivity contribution >= 4 is 66.3 Å². The lowest BCUT2D eigenvalue weighted by atomic mass is 9.80. The van der Waals surface area contributed by atoms with Gasteiger partial charge in [0, 0.05) is 25.7 Å². The number of thiophene rings is 1. The zero-order valence-corrected chi connectivity index (χ0v) is 21.1. The van der Waals surface area contributed by atoms with E-state index in [1.165, 1.54) is 14.8 Å². The van der Waals surface area contributed by atoms with E-state index in [-0.39, 0.29) is 0 Å². The molecule has 0 spiro atoms. The van der Waals surface area contributed by atoms with Gasteiger partial charge in [-0.05, 0) is 74.3 Å². The third-order valence-electron chi connectivity index (χ3n) is 7.17. The first-order valence-corrected chi connectivity index (χ1v) is 12.6. The third-order valence-corrected chi connectivity index (χ3v) is 8.31. The monoisotopic (exact) mass is 479 g/mol. The lowest BCUT2D eigenvalue weighted by molar-refractivity contribution is -0.0893. The van der Waals surface area contributed by atoms with Gasteiger partial charge in [-0.2, -0.15) is 0 Å². The van der Waals surface area contributed by atoms with Crippen LogP contribution < -0.4 is 5.46 Å². The maximum absolute atomic E-state index is 10.5. The minimum atomic E-state index is -0.956. The molecule has 0 unspecified atom stereocenters. The van der Waals surface area contributed by atoms with Crippen LogP contribution in [0.4, 0.5) is 0 Å². The van der Waals surface area contributed by atoms with Crippen molar-refractivity contribution in [2.24, 2.45) is 0 Å². The van der Waals surface area contributed by atoms with Crippen LogP contribution in [-0.4, -0.2) is 28.8 Å². The van der Waals surface area contributed by atoms with Crippen molar-refractivity contribution in [3.8, 4) is 11.5 Å². The molecule has 1 N–H and O–H groups in total. The van der Waals surface area contributed by atoms with Crippen molar-refractivity contribution in [1.82, 2.24) is 4.98 Å². The van der Waals surface area contributed by atoms with Crippen molar-refractivity contribution in [3.63, 3.8) is 0 Å². The number of fused-ring (bicyclic) bond motifs is 6. The van der Waals surface area contributed by atoms with Gasteiger partial charge in [-0.15, -0.1) is 11.3 Å². The van der Waals surface area contributed by atoms with Crippen molar-refractivity contribution in [1.29, 1.82) is 0 Å². The second-order valence-electron chi connectivity index (χ2n) is 10.1. The molecular weight excluding hydrogens is 453 g/mol. The highest BCUT2D eigenvalue weighted by atomic mass is 32.1. The van der Waals surface area contributed by atoms with Crippen LogP contribution in [0.25, 0.3) is 53.5 Å². The highest BCUT2D eigenvalue weighted by molar-refractivity contribution is 7.26. The predicted octanol–water partition coefficient (Wildman–Crippen LogP) is 6.56. The zero-order chi connectivity index (χ0) is 24.4. The van der Waals surface area contributed by atoms with Crippen LogP contribution in [0.1, 0.15) is 27.7 Å². The van der Waals surface area contributed by atoms with E-state index in [0.29, 0.717) is 13.4 Å². The molecule has 0 aliphatic heterocycles. The second-order valence-corrected chi connectivity index (χ2v) is 11.2. The number of aliphatic hydroxyl groups is 1. The topological polar surface area (TPSA) is 55.5 Å². The fourth-order valence-corrected chi connectivity index (χ4v) is 5.50. The first kappa shape index (κ1) is 22.3. The largest absolute Gasteiger partial charge is 0.435 e. The first-order valence-electron chi connectivity index (χ1n) is 11.8. The number of aromatic nitrogens is 1. The molecule has 0 fully saturated rings. The smallest absolute Gasteiger partial charge is 0.310 e. The zero-order valence-electron chi connectivity index (χ0n) is 20.3. The van der Waals surface area contributed by atoms with E-state index in [2.05, 4.69) is 54.6 Å². The SMILES string of the molecule is CC(C)(O)C(C)(C)OBc1cccc2sc3ccc(-c4nc5ccc6ccccc6c5o4)cc3c12. The van der Waals surface area contributed by atoms with Crippen LogP contribution >= 0.6 is 11.3 Å². The fraction of sp³-hybridized carbons (Fsp3) is 0.207. The molecule has 2 heterocycles. The molecule has 0 atom stereocenters. The summed E-state index contributed by atoms with van der Waals surface area (Å²) in [6.07, 6.45) is 0. The Morgan fingerprint density at radius 2 is 1.71 bits per heavy atom. The number of oxazole rings is 1. The summed E-state index contributed by atoms with van der Waals surface area (Å²) < 4.78 is 14.9. The number of hydrogen-bond donors (Lipinski definition) is 1. The molecule has 174 valence electrons. The van der Waals surface area contributed by atoms with E-state index >= 15 is 0 Å². The fourth-order valence-electron chi connectivity index (χ4n) is 4.37. The van der Waals surface area contributed by atoms with E-state index in [1.807, 2.05) is 32.0 Å². The Morgan fingerprint density at radius 1 is 0.886 bits per heavy atom. The van der Waals surface area contributed by atoms with Gasteiger partial charge in [0.1, 0.15) is 5.52 Å². The number of rotatable bonds is 5. The Morgan fingerprint density at radius 3 is 2.54 bits per heavy atom. The Bertz CT molecular complexity index is 1730. The Kier molecular flexibility index (Phi) is 5.04. The maximum atomic E-state index is 10.5. The minimum absolute atomic E-state index is 0.416. The average Bonchev–Trinajstić information content (AvgIpc) is 3.43. The van der Waals surface area contributed by atoms with Crippen LogP contribution in [0.5, 0.6) is 0 Å². The molecule has 4 aromatic carbocycles. The first-order chi connectivity index (χ1) is 16.7. The number of nitrogens with zero attached hydrogens (tertiary/aromatic N) is 1. The van der Waals surface area contributed by atoms with Gasteiger partial charge in [-0.3, -0.25) is 0 Å². The molecule has 6 aromatic rings. The molecule has 4 nitrogen and oxygen atoms in total. The van der Waals surface area contributed by atoms with E-state index < -0.39 is 11.2 Å². The molecule has 2 aromatic heterocycles. The quantitative estimate of drug-likeness (QED) is 0.285. The van der Waals surface area contributed by atoms with Crippen molar-refractivity contribution in [3.05, 3.63) is 72.8 Å². The molecule has 0 bridgehead atoms. The molecule has 0 saturated heterocycles.